The van der Waals surface area contributed by atoms with Crippen LogP contribution in [0.5, 0.6) is 23.0 Å². The largest absolute Gasteiger partial charge is 0.504 e. The molecular formula is C21H21NO7. The summed E-state index contributed by atoms with van der Waals surface area (Å²) in [4.78, 5) is 24.1. The minimum absolute atomic E-state index is 0.0000191. The number of esters is 1. The van der Waals surface area contributed by atoms with Gasteiger partial charge in [0.15, 0.2) is 29.1 Å². The van der Waals surface area contributed by atoms with Crippen molar-refractivity contribution in [2.45, 2.75) is 19.6 Å². The van der Waals surface area contributed by atoms with E-state index in [4.69, 9.17) is 18.9 Å². The Labute approximate surface area is 167 Å². The summed E-state index contributed by atoms with van der Waals surface area (Å²) >= 11 is 0. The van der Waals surface area contributed by atoms with E-state index < -0.39 is 18.0 Å². The van der Waals surface area contributed by atoms with Gasteiger partial charge in [0, 0.05) is 12.6 Å². The van der Waals surface area contributed by atoms with Crippen molar-refractivity contribution >= 4 is 18.0 Å². The van der Waals surface area contributed by atoms with Crippen LogP contribution in [-0.2, 0) is 20.9 Å². The molecule has 0 radical (unpaired) electrons. The molecule has 0 aromatic heterocycles. The predicted octanol–water partition coefficient (Wildman–Crippen LogP) is 2.39. The number of methoxy groups -OCH3 is 1. The van der Waals surface area contributed by atoms with Gasteiger partial charge >= 0.3 is 5.97 Å². The van der Waals surface area contributed by atoms with Crippen molar-refractivity contribution in [2.75, 3.05) is 13.9 Å². The molecule has 1 aliphatic heterocycles. The third kappa shape index (κ3) is 5.19. The predicted molar refractivity (Wildman–Crippen MR) is 104 cm³/mol. The Hall–Kier alpha value is -3.68. The van der Waals surface area contributed by atoms with Gasteiger partial charge in [0.05, 0.1) is 7.11 Å². The summed E-state index contributed by atoms with van der Waals surface area (Å²) in [6, 6.07) is 10.0. The van der Waals surface area contributed by atoms with Crippen LogP contribution in [0.2, 0.25) is 0 Å². The minimum atomic E-state index is -0.962. The molecule has 0 saturated heterocycles. The van der Waals surface area contributed by atoms with Gasteiger partial charge in [-0.3, -0.25) is 4.79 Å². The third-order valence-electron chi connectivity index (χ3n) is 4.18. The number of phenolic OH excluding ortho intramolecular Hbond substituents is 1. The number of phenols is 1. The fourth-order valence-electron chi connectivity index (χ4n) is 2.61. The van der Waals surface area contributed by atoms with E-state index in [1.807, 2.05) is 6.07 Å². The molecule has 152 valence electrons. The number of rotatable bonds is 7. The Morgan fingerprint density at radius 2 is 2.00 bits per heavy atom. The zero-order valence-electron chi connectivity index (χ0n) is 16.0. The number of carbonyl (C=O) groups is 2. The zero-order valence-corrected chi connectivity index (χ0v) is 16.0. The molecule has 3 rings (SSSR count). The van der Waals surface area contributed by atoms with Crippen molar-refractivity contribution in [2.24, 2.45) is 0 Å². The lowest BCUT2D eigenvalue weighted by molar-refractivity contribution is -0.150. The van der Waals surface area contributed by atoms with Gasteiger partial charge in [0.25, 0.3) is 5.91 Å². The van der Waals surface area contributed by atoms with E-state index in [2.05, 4.69) is 5.32 Å². The maximum atomic E-state index is 12.2. The molecule has 0 fully saturated rings. The van der Waals surface area contributed by atoms with E-state index >= 15 is 0 Å². The molecule has 29 heavy (non-hydrogen) atoms. The highest BCUT2D eigenvalue weighted by Gasteiger charge is 2.17. The third-order valence-corrected chi connectivity index (χ3v) is 4.18. The Morgan fingerprint density at radius 1 is 1.21 bits per heavy atom. The number of amides is 1. The lowest BCUT2D eigenvalue weighted by Gasteiger charge is -2.12. The van der Waals surface area contributed by atoms with Crippen LogP contribution >= 0.6 is 0 Å². The molecule has 1 amide bonds. The highest BCUT2D eigenvalue weighted by atomic mass is 16.7. The fourth-order valence-corrected chi connectivity index (χ4v) is 2.61. The minimum Gasteiger partial charge on any atom is -0.504 e. The summed E-state index contributed by atoms with van der Waals surface area (Å²) < 4.78 is 20.7. The summed E-state index contributed by atoms with van der Waals surface area (Å²) in [5, 5.41) is 12.3. The van der Waals surface area contributed by atoms with Crippen LogP contribution in [0.4, 0.5) is 0 Å². The highest BCUT2D eigenvalue weighted by molar-refractivity contribution is 5.90. The van der Waals surface area contributed by atoms with Crippen molar-refractivity contribution in [1.29, 1.82) is 0 Å². The number of carbonyl (C=O) groups excluding carboxylic acids is 2. The van der Waals surface area contributed by atoms with Crippen molar-refractivity contribution in [3.63, 3.8) is 0 Å². The molecule has 0 spiro atoms. The Bertz CT molecular complexity index is 939. The van der Waals surface area contributed by atoms with Crippen molar-refractivity contribution in [3.05, 3.63) is 53.6 Å². The molecule has 0 saturated carbocycles. The van der Waals surface area contributed by atoms with Gasteiger partial charge in [-0.05, 0) is 48.4 Å². The van der Waals surface area contributed by atoms with Crippen LogP contribution < -0.4 is 19.5 Å². The van der Waals surface area contributed by atoms with E-state index in [0.717, 1.165) is 5.56 Å². The first-order chi connectivity index (χ1) is 14.0. The van der Waals surface area contributed by atoms with E-state index in [9.17, 15) is 14.7 Å². The van der Waals surface area contributed by atoms with E-state index in [0.29, 0.717) is 17.1 Å². The van der Waals surface area contributed by atoms with Gasteiger partial charge in [-0.2, -0.15) is 0 Å². The van der Waals surface area contributed by atoms with Crippen LogP contribution in [0.15, 0.2) is 42.5 Å². The molecule has 0 bridgehead atoms. The standard InChI is InChI=1S/C21H21NO7/c1-13(21(25)22-11-15-4-7-17-19(10-15)28-12-27-17)29-20(24)8-5-14-3-6-16(23)18(9-14)26-2/h3-10,13,23H,11-12H2,1-2H3,(H,22,25)/b8-5+/t13-/m1/s1. The molecule has 0 aliphatic carbocycles. The summed E-state index contributed by atoms with van der Waals surface area (Å²) in [5.41, 5.74) is 1.47. The lowest BCUT2D eigenvalue weighted by Crippen LogP contribution is -2.35. The number of aromatic hydroxyl groups is 1. The molecular weight excluding hydrogens is 378 g/mol. The number of nitrogens with one attached hydrogen (secondary N) is 1. The summed E-state index contributed by atoms with van der Waals surface area (Å²) in [6.45, 7) is 1.94. The molecule has 2 aromatic rings. The van der Waals surface area contributed by atoms with Gasteiger partial charge in [0.1, 0.15) is 0 Å². The van der Waals surface area contributed by atoms with Gasteiger partial charge in [-0.25, -0.2) is 4.79 Å². The Balaban J connectivity index is 1.49. The maximum Gasteiger partial charge on any atom is 0.331 e. The topological polar surface area (TPSA) is 103 Å². The first-order valence-electron chi connectivity index (χ1n) is 8.88. The van der Waals surface area contributed by atoms with Crippen LogP contribution in [0.1, 0.15) is 18.1 Å². The van der Waals surface area contributed by atoms with E-state index in [-0.39, 0.29) is 24.8 Å². The monoisotopic (exact) mass is 399 g/mol. The lowest BCUT2D eigenvalue weighted by atomic mass is 10.2. The second kappa shape index (κ2) is 9.01. The van der Waals surface area contributed by atoms with Crippen LogP contribution in [-0.4, -0.2) is 37.0 Å². The molecule has 1 aliphatic rings. The second-order valence-corrected chi connectivity index (χ2v) is 6.25. The van der Waals surface area contributed by atoms with Crippen molar-refractivity contribution in [1.82, 2.24) is 5.32 Å². The smallest absolute Gasteiger partial charge is 0.331 e. The molecule has 8 heteroatoms. The van der Waals surface area contributed by atoms with Crippen LogP contribution in [0.25, 0.3) is 6.08 Å². The van der Waals surface area contributed by atoms with E-state index in [1.54, 1.807) is 24.3 Å². The number of ether oxygens (including phenoxy) is 4. The first-order valence-corrected chi connectivity index (χ1v) is 8.88. The SMILES string of the molecule is COc1cc(/C=C/C(=O)O[C@H](C)C(=O)NCc2ccc3c(c2)OCO3)ccc1O. The first kappa shape index (κ1) is 20.1. The molecule has 0 unspecified atom stereocenters. The van der Waals surface area contributed by atoms with Crippen LogP contribution in [0.3, 0.4) is 0 Å². The number of hydrogen-bond donors (Lipinski definition) is 2. The zero-order chi connectivity index (χ0) is 20.8. The second-order valence-electron chi connectivity index (χ2n) is 6.25. The normalized spacial score (nSPS) is 13.2. The average Bonchev–Trinajstić information content (AvgIpc) is 3.19. The van der Waals surface area contributed by atoms with E-state index in [1.165, 1.54) is 32.3 Å². The quantitative estimate of drug-likeness (QED) is 0.544. The van der Waals surface area contributed by atoms with Gasteiger partial charge in [-0.15, -0.1) is 0 Å². The fraction of sp³-hybridized carbons (Fsp3) is 0.238. The van der Waals surface area contributed by atoms with Gasteiger partial charge < -0.3 is 29.4 Å². The molecule has 2 N–H and O–H groups in total. The van der Waals surface area contributed by atoms with Crippen molar-refractivity contribution < 1.29 is 33.6 Å². The summed E-state index contributed by atoms with van der Waals surface area (Å²) in [6.07, 6.45) is 1.74. The molecule has 1 atom stereocenters. The molecule has 8 nitrogen and oxygen atoms in total. The number of benzene rings is 2. The number of fused-ring (bicyclic) bond motifs is 1. The van der Waals surface area contributed by atoms with Crippen LogP contribution in [0, 0.1) is 0 Å². The van der Waals surface area contributed by atoms with Gasteiger partial charge in [-0.1, -0.05) is 12.1 Å². The molecule has 2 aromatic carbocycles. The maximum absolute atomic E-state index is 12.2. The highest BCUT2D eigenvalue weighted by Crippen LogP contribution is 2.32. The average molecular weight is 399 g/mol. The number of hydrogen-bond acceptors (Lipinski definition) is 7. The molecule has 1 heterocycles. The Kier molecular flexibility index (Phi) is 6.23. The van der Waals surface area contributed by atoms with Crippen molar-refractivity contribution in [3.8, 4) is 23.0 Å². The Morgan fingerprint density at radius 3 is 2.79 bits per heavy atom. The van der Waals surface area contributed by atoms with Gasteiger partial charge in [0.2, 0.25) is 6.79 Å². The summed E-state index contributed by atoms with van der Waals surface area (Å²) in [7, 11) is 1.43. The summed E-state index contributed by atoms with van der Waals surface area (Å²) in [5.74, 6) is 0.503.